The van der Waals surface area contributed by atoms with Crippen LogP contribution < -0.4 is 0 Å². The van der Waals surface area contributed by atoms with Gasteiger partial charge in [0.2, 0.25) is 0 Å². The van der Waals surface area contributed by atoms with E-state index in [0.717, 1.165) is 11.7 Å². The summed E-state index contributed by atoms with van der Waals surface area (Å²) in [5.74, 6) is 0. The molecule has 2 unspecified atom stereocenters. The molecule has 0 aliphatic carbocycles. The predicted molar refractivity (Wildman–Crippen MR) is 47.0 cm³/mol. The van der Waals surface area contributed by atoms with Crippen LogP contribution in [0.1, 0.15) is 33.6 Å². The van der Waals surface area contributed by atoms with Gasteiger partial charge < -0.3 is 0 Å². The van der Waals surface area contributed by atoms with Crippen LogP contribution >= 0.6 is 11.8 Å². The highest BCUT2D eigenvalue weighted by atomic mass is 32.2. The fraction of sp³-hybridized carbons (Fsp3) is 0.875. The van der Waals surface area contributed by atoms with E-state index in [0.29, 0.717) is 5.25 Å². The van der Waals surface area contributed by atoms with Gasteiger partial charge in [-0.15, -0.1) is 11.8 Å². The molecule has 1 nitrogen and oxygen atoms in total. The molecule has 0 aromatic rings. The van der Waals surface area contributed by atoms with Crippen LogP contribution in [0.25, 0.3) is 0 Å². The van der Waals surface area contributed by atoms with Crippen LogP contribution in [0.15, 0.2) is 0 Å². The second kappa shape index (κ2) is 5.61. The van der Waals surface area contributed by atoms with Gasteiger partial charge in [-0.25, -0.2) is 0 Å². The number of rotatable bonds is 0. The Balaban J connectivity index is 0.000000371. The Labute approximate surface area is 67.8 Å². The molecule has 1 saturated heterocycles. The molecule has 1 rings (SSSR count). The van der Waals surface area contributed by atoms with E-state index >= 15 is 0 Å². The van der Waals surface area contributed by atoms with Gasteiger partial charge in [0.1, 0.15) is 0 Å². The second-order valence-electron chi connectivity index (χ2n) is 2.14. The molecule has 0 radical (unpaired) electrons. The Hall–Kier alpha value is -0.160. The maximum absolute atomic E-state index is 8.41. The highest BCUT2D eigenvalue weighted by Gasteiger charge is 2.20. The van der Waals surface area contributed by atoms with E-state index in [-0.39, 0.29) is 0 Å². The van der Waals surface area contributed by atoms with Gasteiger partial charge in [0.25, 0.3) is 0 Å². The Kier molecular flexibility index (Phi) is 5.52. The molecule has 0 aromatic carbocycles. The largest absolute Gasteiger partial charge is 0.197 e. The summed E-state index contributed by atoms with van der Waals surface area (Å²) in [5.41, 5.74) is 0. The molecule has 0 aromatic heterocycles. The van der Waals surface area contributed by atoms with Gasteiger partial charge in [-0.2, -0.15) is 5.26 Å². The summed E-state index contributed by atoms with van der Waals surface area (Å²) in [7, 11) is 0. The third-order valence-electron chi connectivity index (χ3n) is 1.38. The normalized spacial score (nSPS) is 30.2. The van der Waals surface area contributed by atoms with Crippen molar-refractivity contribution in [1.29, 1.82) is 5.26 Å². The molecule has 0 amide bonds. The highest BCUT2D eigenvalue weighted by Crippen LogP contribution is 2.32. The topological polar surface area (TPSA) is 23.8 Å². The number of nitriles is 1. The second-order valence-corrected chi connectivity index (χ2v) is 3.79. The summed E-state index contributed by atoms with van der Waals surface area (Å²) in [6.45, 7) is 6.18. The smallest absolute Gasteiger partial charge is 0.0919 e. The van der Waals surface area contributed by atoms with Gasteiger partial charge in [-0.3, -0.25) is 0 Å². The van der Waals surface area contributed by atoms with Crippen LogP contribution in [-0.2, 0) is 0 Å². The maximum Gasteiger partial charge on any atom is 0.0919 e. The van der Waals surface area contributed by atoms with Crippen molar-refractivity contribution in [1.82, 2.24) is 0 Å². The first-order valence-corrected chi connectivity index (χ1v) is 4.82. The number of hydrogen-bond donors (Lipinski definition) is 0. The number of thioether (sulfide) groups is 1. The molecule has 2 atom stereocenters. The SMILES string of the molecule is CC.CC1CCC(C#N)S1. The van der Waals surface area contributed by atoms with Crippen LogP contribution in [0.3, 0.4) is 0 Å². The fourth-order valence-corrected chi connectivity index (χ4v) is 2.06. The fourth-order valence-electron chi connectivity index (χ4n) is 0.898. The van der Waals surface area contributed by atoms with Crippen LogP contribution in [-0.4, -0.2) is 10.5 Å². The van der Waals surface area contributed by atoms with Crippen molar-refractivity contribution >= 4 is 11.8 Å². The van der Waals surface area contributed by atoms with Crippen LogP contribution in [0.2, 0.25) is 0 Å². The Morgan fingerprint density at radius 3 is 2.20 bits per heavy atom. The van der Waals surface area contributed by atoms with E-state index in [2.05, 4.69) is 13.0 Å². The van der Waals surface area contributed by atoms with Crippen LogP contribution in [0, 0.1) is 11.3 Å². The van der Waals surface area contributed by atoms with Crippen molar-refractivity contribution < 1.29 is 0 Å². The molecule has 1 aliphatic rings. The minimum atomic E-state index is 0.296. The van der Waals surface area contributed by atoms with Crippen LogP contribution in [0.5, 0.6) is 0 Å². The van der Waals surface area contributed by atoms with Gasteiger partial charge >= 0.3 is 0 Å². The molecule has 2 heteroatoms. The zero-order valence-electron chi connectivity index (χ0n) is 6.92. The third-order valence-corrected chi connectivity index (χ3v) is 2.75. The molecular weight excluding hydrogens is 142 g/mol. The van der Waals surface area contributed by atoms with Crippen molar-refractivity contribution in [3.8, 4) is 6.07 Å². The monoisotopic (exact) mass is 157 g/mol. The van der Waals surface area contributed by atoms with E-state index in [1.165, 1.54) is 6.42 Å². The van der Waals surface area contributed by atoms with Gasteiger partial charge in [0.05, 0.1) is 11.3 Å². The number of hydrogen-bond acceptors (Lipinski definition) is 2. The molecule has 10 heavy (non-hydrogen) atoms. The third kappa shape index (κ3) is 3.12. The average Bonchev–Trinajstić information content (AvgIpc) is 2.40. The van der Waals surface area contributed by atoms with Gasteiger partial charge in [0, 0.05) is 5.25 Å². The van der Waals surface area contributed by atoms with Gasteiger partial charge in [-0.1, -0.05) is 20.8 Å². The van der Waals surface area contributed by atoms with Gasteiger partial charge in [0.15, 0.2) is 0 Å². The Morgan fingerprint density at radius 2 is 2.00 bits per heavy atom. The average molecular weight is 157 g/mol. The lowest BCUT2D eigenvalue weighted by Crippen LogP contribution is -1.88. The quantitative estimate of drug-likeness (QED) is 0.540. The van der Waals surface area contributed by atoms with E-state index in [4.69, 9.17) is 5.26 Å². The molecule has 58 valence electrons. The van der Waals surface area contributed by atoms with E-state index in [1.807, 2.05) is 13.8 Å². The Bertz CT molecular complexity index is 117. The molecule has 0 spiro atoms. The van der Waals surface area contributed by atoms with Gasteiger partial charge in [-0.05, 0) is 12.8 Å². The first kappa shape index (κ1) is 9.84. The molecule has 0 bridgehead atoms. The lowest BCUT2D eigenvalue weighted by atomic mass is 10.2. The van der Waals surface area contributed by atoms with Crippen molar-refractivity contribution in [3.63, 3.8) is 0 Å². The first-order chi connectivity index (χ1) is 4.83. The number of nitrogens with zero attached hydrogens (tertiary/aromatic N) is 1. The molecular formula is C8H15NS. The van der Waals surface area contributed by atoms with E-state index < -0.39 is 0 Å². The van der Waals surface area contributed by atoms with E-state index in [1.54, 1.807) is 11.8 Å². The lowest BCUT2D eigenvalue weighted by Gasteiger charge is -1.94. The summed E-state index contributed by atoms with van der Waals surface area (Å²) < 4.78 is 0. The van der Waals surface area contributed by atoms with E-state index in [9.17, 15) is 0 Å². The van der Waals surface area contributed by atoms with Crippen molar-refractivity contribution in [2.45, 2.75) is 44.1 Å². The van der Waals surface area contributed by atoms with Crippen molar-refractivity contribution in [2.75, 3.05) is 0 Å². The molecule has 0 N–H and O–H groups in total. The lowest BCUT2D eigenvalue weighted by molar-refractivity contribution is 0.806. The molecule has 1 aliphatic heterocycles. The first-order valence-electron chi connectivity index (χ1n) is 3.88. The summed E-state index contributed by atoms with van der Waals surface area (Å²) in [5, 5.41) is 9.43. The Morgan fingerprint density at radius 1 is 1.40 bits per heavy atom. The summed E-state index contributed by atoms with van der Waals surface area (Å²) in [4.78, 5) is 0. The zero-order valence-corrected chi connectivity index (χ0v) is 7.74. The highest BCUT2D eigenvalue weighted by molar-refractivity contribution is 8.00. The molecule has 1 fully saturated rings. The zero-order chi connectivity index (χ0) is 7.98. The molecule has 1 heterocycles. The summed E-state index contributed by atoms with van der Waals surface area (Å²) >= 11 is 1.80. The standard InChI is InChI=1S/C6H9NS.C2H6/c1-5-2-3-6(4-7)8-5;1-2/h5-6H,2-3H2,1H3;1-2H3. The van der Waals surface area contributed by atoms with Crippen LogP contribution in [0.4, 0.5) is 0 Å². The minimum Gasteiger partial charge on any atom is -0.197 e. The minimum absolute atomic E-state index is 0.296. The van der Waals surface area contributed by atoms with Crippen molar-refractivity contribution in [3.05, 3.63) is 0 Å². The summed E-state index contributed by atoms with van der Waals surface area (Å²) in [6.07, 6.45) is 2.32. The van der Waals surface area contributed by atoms with Crippen molar-refractivity contribution in [2.24, 2.45) is 0 Å². The molecule has 0 saturated carbocycles. The maximum atomic E-state index is 8.41. The predicted octanol–water partition coefficient (Wildman–Crippen LogP) is 2.82. The summed E-state index contributed by atoms with van der Waals surface area (Å²) in [6, 6.07) is 2.26.